The van der Waals surface area contributed by atoms with Gasteiger partial charge >= 0.3 is 0 Å². The van der Waals surface area contributed by atoms with E-state index < -0.39 is 0 Å². The molecular weight excluding hydrogens is 250 g/mol. The van der Waals surface area contributed by atoms with Crippen molar-refractivity contribution in [1.82, 2.24) is 5.32 Å². The van der Waals surface area contributed by atoms with Crippen LogP contribution in [0.25, 0.3) is 5.57 Å². The van der Waals surface area contributed by atoms with Gasteiger partial charge in [-0.15, -0.1) is 0 Å². The molecule has 1 saturated carbocycles. The van der Waals surface area contributed by atoms with Crippen molar-refractivity contribution in [3.63, 3.8) is 0 Å². The first-order valence-corrected chi connectivity index (χ1v) is 7.36. The molecular formula is C17H23NO2. The van der Waals surface area contributed by atoms with Crippen molar-refractivity contribution < 1.29 is 9.90 Å². The van der Waals surface area contributed by atoms with Gasteiger partial charge < -0.3 is 10.4 Å². The lowest BCUT2D eigenvalue weighted by Crippen LogP contribution is -2.42. The molecule has 0 saturated heterocycles. The maximum Gasteiger partial charge on any atom is 0.244 e. The summed E-state index contributed by atoms with van der Waals surface area (Å²) in [5.74, 6) is 0.148. The summed E-state index contributed by atoms with van der Waals surface area (Å²) in [5.41, 5.74) is 2.02. The quantitative estimate of drug-likeness (QED) is 0.829. The molecule has 2 atom stereocenters. The molecule has 0 spiro atoms. The third-order valence-corrected chi connectivity index (χ3v) is 4.05. The van der Waals surface area contributed by atoms with Gasteiger partial charge in [0.2, 0.25) is 5.91 Å². The van der Waals surface area contributed by atoms with E-state index in [0.29, 0.717) is 0 Å². The second kappa shape index (κ2) is 7.25. The molecule has 0 bridgehead atoms. The molecule has 108 valence electrons. The van der Waals surface area contributed by atoms with E-state index >= 15 is 0 Å². The number of allylic oxidation sites excluding steroid dienone is 1. The monoisotopic (exact) mass is 273 g/mol. The van der Waals surface area contributed by atoms with E-state index in [9.17, 15) is 9.90 Å². The number of aliphatic hydroxyl groups excluding tert-OH is 1. The molecule has 1 amide bonds. The standard InChI is InChI=1S/C17H23NO2/c1-13(14-7-3-2-4-8-14)11-17(20)18-16-10-6-5-9-15(16)12-19/h2-4,7-8,11,15-16,19H,5-6,9-10,12H2,1H3,(H,18,20)/b13-11-. The van der Waals surface area contributed by atoms with Crippen LogP contribution in [-0.2, 0) is 4.79 Å². The molecule has 0 aliphatic heterocycles. The van der Waals surface area contributed by atoms with Gasteiger partial charge in [-0.25, -0.2) is 0 Å². The summed E-state index contributed by atoms with van der Waals surface area (Å²) in [6.45, 7) is 2.10. The molecule has 0 heterocycles. The van der Waals surface area contributed by atoms with Crippen LogP contribution in [0.1, 0.15) is 38.2 Å². The Kier molecular flexibility index (Phi) is 5.36. The highest BCUT2D eigenvalue weighted by Gasteiger charge is 2.25. The Bertz CT molecular complexity index is 467. The predicted molar refractivity (Wildman–Crippen MR) is 81.1 cm³/mol. The van der Waals surface area contributed by atoms with Gasteiger partial charge in [0.05, 0.1) is 0 Å². The number of nitrogens with one attached hydrogen (secondary N) is 1. The number of hydrogen-bond donors (Lipinski definition) is 2. The fourth-order valence-electron chi connectivity index (χ4n) is 2.82. The minimum atomic E-state index is -0.0586. The minimum absolute atomic E-state index is 0.0586. The van der Waals surface area contributed by atoms with Crippen LogP contribution in [0.2, 0.25) is 0 Å². The van der Waals surface area contributed by atoms with Crippen molar-refractivity contribution >= 4 is 11.5 Å². The fourth-order valence-corrected chi connectivity index (χ4v) is 2.82. The molecule has 1 aliphatic carbocycles. The van der Waals surface area contributed by atoms with Crippen molar-refractivity contribution in [2.75, 3.05) is 6.61 Å². The van der Waals surface area contributed by atoms with Crippen LogP contribution in [-0.4, -0.2) is 23.7 Å². The lowest BCUT2D eigenvalue weighted by molar-refractivity contribution is -0.117. The Balaban J connectivity index is 1.97. The number of carbonyl (C=O) groups is 1. The van der Waals surface area contributed by atoms with Crippen molar-refractivity contribution in [1.29, 1.82) is 0 Å². The second-order valence-corrected chi connectivity index (χ2v) is 5.54. The largest absolute Gasteiger partial charge is 0.396 e. The maximum atomic E-state index is 12.1. The molecule has 1 aromatic carbocycles. The van der Waals surface area contributed by atoms with E-state index in [4.69, 9.17) is 0 Å². The Labute approximate surface area is 120 Å². The zero-order valence-electron chi connectivity index (χ0n) is 12.0. The van der Waals surface area contributed by atoms with Crippen LogP contribution in [0.3, 0.4) is 0 Å². The third-order valence-electron chi connectivity index (χ3n) is 4.05. The van der Waals surface area contributed by atoms with Crippen LogP contribution in [0.4, 0.5) is 0 Å². The third kappa shape index (κ3) is 3.94. The van der Waals surface area contributed by atoms with E-state index in [1.807, 2.05) is 37.3 Å². The lowest BCUT2D eigenvalue weighted by Gasteiger charge is -2.30. The number of hydrogen-bond acceptors (Lipinski definition) is 2. The first-order chi connectivity index (χ1) is 9.70. The molecule has 0 aromatic heterocycles. The lowest BCUT2D eigenvalue weighted by atomic mass is 9.85. The smallest absolute Gasteiger partial charge is 0.244 e. The molecule has 2 N–H and O–H groups in total. The van der Waals surface area contributed by atoms with Gasteiger partial charge in [0.15, 0.2) is 0 Å². The molecule has 20 heavy (non-hydrogen) atoms. The Morgan fingerprint density at radius 2 is 2.00 bits per heavy atom. The second-order valence-electron chi connectivity index (χ2n) is 5.54. The van der Waals surface area contributed by atoms with Crippen LogP contribution in [0.15, 0.2) is 36.4 Å². The minimum Gasteiger partial charge on any atom is -0.396 e. The molecule has 3 heteroatoms. The molecule has 1 aromatic rings. The Morgan fingerprint density at radius 3 is 2.70 bits per heavy atom. The van der Waals surface area contributed by atoms with Gasteiger partial charge in [0, 0.05) is 24.6 Å². The predicted octanol–water partition coefficient (Wildman–Crippen LogP) is 2.76. The van der Waals surface area contributed by atoms with Gasteiger partial charge in [-0.1, -0.05) is 43.2 Å². The summed E-state index contributed by atoms with van der Waals surface area (Å²) < 4.78 is 0. The van der Waals surface area contributed by atoms with Crippen LogP contribution in [0, 0.1) is 5.92 Å². The average Bonchev–Trinajstić information content (AvgIpc) is 2.48. The first kappa shape index (κ1) is 14.8. The summed E-state index contributed by atoms with van der Waals surface area (Å²) in [7, 11) is 0. The normalized spacial score (nSPS) is 23.4. The van der Waals surface area contributed by atoms with Gasteiger partial charge in [-0.05, 0) is 30.9 Å². The number of aliphatic hydroxyl groups is 1. The van der Waals surface area contributed by atoms with E-state index in [0.717, 1.165) is 36.8 Å². The first-order valence-electron chi connectivity index (χ1n) is 7.36. The van der Waals surface area contributed by atoms with Crippen LogP contribution >= 0.6 is 0 Å². The highest BCUT2D eigenvalue weighted by atomic mass is 16.3. The summed E-state index contributed by atoms with van der Waals surface area (Å²) in [5, 5.41) is 12.4. The molecule has 2 rings (SSSR count). The number of benzene rings is 1. The summed E-state index contributed by atoms with van der Waals surface area (Å²) in [6, 6.07) is 10.00. The van der Waals surface area contributed by atoms with E-state index in [-0.39, 0.29) is 24.5 Å². The highest BCUT2D eigenvalue weighted by molar-refractivity contribution is 5.95. The zero-order chi connectivity index (χ0) is 14.4. The van der Waals surface area contributed by atoms with Crippen molar-refractivity contribution in [2.45, 2.75) is 38.6 Å². The van der Waals surface area contributed by atoms with Crippen molar-refractivity contribution in [2.24, 2.45) is 5.92 Å². The van der Waals surface area contributed by atoms with Gasteiger partial charge in [-0.2, -0.15) is 0 Å². The zero-order valence-corrected chi connectivity index (χ0v) is 12.0. The topological polar surface area (TPSA) is 49.3 Å². The van der Waals surface area contributed by atoms with Crippen molar-refractivity contribution in [3.05, 3.63) is 42.0 Å². The number of carbonyl (C=O) groups excluding carboxylic acids is 1. The number of rotatable bonds is 4. The van der Waals surface area contributed by atoms with Gasteiger partial charge in [0.25, 0.3) is 0 Å². The van der Waals surface area contributed by atoms with Crippen LogP contribution in [0.5, 0.6) is 0 Å². The van der Waals surface area contributed by atoms with Crippen LogP contribution < -0.4 is 5.32 Å². The maximum absolute atomic E-state index is 12.1. The molecule has 1 aliphatic rings. The van der Waals surface area contributed by atoms with Gasteiger partial charge in [-0.3, -0.25) is 4.79 Å². The number of amides is 1. The molecule has 0 radical (unpaired) electrons. The van der Waals surface area contributed by atoms with E-state index in [1.54, 1.807) is 6.08 Å². The SMILES string of the molecule is C/C(=C/C(=O)NC1CCCCC1CO)c1ccccc1. The highest BCUT2D eigenvalue weighted by Crippen LogP contribution is 2.24. The Morgan fingerprint density at radius 1 is 1.30 bits per heavy atom. The summed E-state index contributed by atoms with van der Waals surface area (Å²) in [6.07, 6.45) is 5.90. The Hall–Kier alpha value is -1.61. The average molecular weight is 273 g/mol. The molecule has 1 fully saturated rings. The molecule has 3 nitrogen and oxygen atoms in total. The van der Waals surface area contributed by atoms with Crippen molar-refractivity contribution in [3.8, 4) is 0 Å². The van der Waals surface area contributed by atoms with E-state index in [2.05, 4.69) is 5.32 Å². The summed E-state index contributed by atoms with van der Waals surface area (Å²) >= 11 is 0. The van der Waals surface area contributed by atoms with E-state index in [1.165, 1.54) is 0 Å². The fraction of sp³-hybridized carbons (Fsp3) is 0.471. The summed E-state index contributed by atoms with van der Waals surface area (Å²) in [4.78, 5) is 12.1. The van der Waals surface area contributed by atoms with Gasteiger partial charge in [0.1, 0.15) is 0 Å². The molecule has 2 unspecified atom stereocenters.